The fraction of sp³-hybridized carbons (Fsp3) is 0.385. The van der Waals surface area contributed by atoms with Gasteiger partial charge in [0.15, 0.2) is 6.10 Å². The molecule has 0 amide bonds. The quantitative estimate of drug-likeness (QED) is 0.715. The lowest BCUT2D eigenvalue weighted by Gasteiger charge is -2.13. The third-order valence-corrected chi connectivity index (χ3v) is 2.47. The van der Waals surface area contributed by atoms with Crippen LogP contribution in [0.25, 0.3) is 0 Å². The van der Waals surface area contributed by atoms with Crippen LogP contribution in [0.5, 0.6) is 5.75 Å². The summed E-state index contributed by atoms with van der Waals surface area (Å²) in [6, 6.07) is 4.69. The van der Waals surface area contributed by atoms with Gasteiger partial charge in [-0.2, -0.15) is 0 Å². The van der Waals surface area contributed by atoms with Gasteiger partial charge in [0.2, 0.25) is 0 Å². The molecule has 0 aromatic heterocycles. The Hall–Kier alpha value is -1.88. The monoisotopic (exact) mass is 252 g/mol. The van der Waals surface area contributed by atoms with Gasteiger partial charge in [-0.05, 0) is 36.6 Å². The van der Waals surface area contributed by atoms with Crippen LogP contribution in [-0.2, 0) is 16.0 Å². The first-order chi connectivity index (χ1) is 8.60. The maximum Gasteiger partial charge on any atom is 0.337 e. The van der Waals surface area contributed by atoms with E-state index >= 15 is 0 Å². The van der Waals surface area contributed by atoms with Gasteiger partial charge < -0.3 is 19.7 Å². The van der Waals surface area contributed by atoms with Gasteiger partial charge in [-0.1, -0.05) is 6.07 Å². The van der Waals surface area contributed by atoms with Crippen LogP contribution in [0.3, 0.4) is 0 Å². The van der Waals surface area contributed by atoms with Crippen LogP contribution in [0, 0.1) is 0 Å². The molecule has 0 saturated heterocycles. The Morgan fingerprint density at radius 2 is 2.22 bits per heavy atom. The highest BCUT2D eigenvalue weighted by Crippen LogP contribution is 2.25. The number of carbonyl (C=O) groups is 2. The largest absolute Gasteiger partial charge is 0.494 e. The number of carboxylic acid groups (broad SMARTS) is 1. The molecule has 5 nitrogen and oxygen atoms in total. The molecular formula is C13H16O5. The normalized spacial score (nSPS) is 11.9. The molecule has 0 spiro atoms. The molecule has 0 heterocycles. The van der Waals surface area contributed by atoms with Crippen molar-refractivity contribution in [2.75, 3.05) is 6.61 Å². The highest BCUT2D eigenvalue weighted by Gasteiger charge is 2.17. The zero-order valence-corrected chi connectivity index (χ0v) is 10.1. The average Bonchev–Trinajstić information content (AvgIpc) is 2.36. The zero-order chi connectivity index (χ0) is 13.5. The first-order valence-corrected chi connectivity index (χ1v) is 5.70. The van der Waals surface area contributed by atoms with Gasteiger partial charge in [0.05, 0.1) is 6.61 Å². The van der Waals surface area contributed by atoms with Gasteiger partial charge in [-0.25, -0.2) is 4.79 Å². The second-order valence-corrected chi connectivity index (χ2v) is 3.75. The molecule has 0 aliphatic rings. The average molecular weight is 252 g/mol. The Morgan fingerprint density at radius 1 is 1.50 bits per heavy atom. The van der Waals surface area contributed by atoms with E-state index in [-0.39, 0.29) is 5.56 Å². The molecule has 1 unspecified atom stereocenters. The van der Waals surface area contributed by atoms with Crippen molar-refractivity contribution in [3.8, 4) is 5.75 Å². The highest BCUT2D eigenvalue weighted by atomic mass is 16.5. The smallest absolute Gasteiger partial charge is 0.337 e. The Balaban J connectivity index is 3.03. The molecule has 0 aliphatic heterocycles. The highest BCUT2D eigenvalue weighted by molar-refractivity contribution is 5.74. The number of aliphatic hydroxyl groups is 1. The minimum absolute atomic E-state index is 0.284. The van der Waals surface area contributed by atoms with Crippen molar-refractivity contribution in [3.05, 3.63) is 29.3 Å². The van der Waals surface area contributed by atoms with E-state index < -0.39 is 12.1 Å². The maximum absolute atomic E-state index is 10.7. The summed E-state index contributed by atoms with van der Waals surface area (Å²) in [6.07, 6.45) is 0.0116. The number of carboxylic acids is 1. The number of aliphatic carboxylic acids is 1. The van der Waals surface area contributed by atoms with Gasteiger partial charge in [-0.3, -0.25) is 0 Å². The molecule has 1 aromatic carbocycles. The van der Waals surface area contributed by atoms with E-state index in [9.17, 15) is 14.7 Å². The molecule has 0 bridgehead atoms. The first-order valence-electron chi connectivity index (χ1n) is 5.70. The van der Waals surface area contributed by atoms with E-state index in [1.165, 1.54) is 6.07 Å². The van der Waals surface area contributed by atoms with E-state index in [0.29, 0.717) is 25.2 Å². The van der Waals surface area contributed by atoms with E-state index in [1.807, 2.05) is 6.92 Å². The lowest BCUT2D eigenvalue weighted by Crippen LogP contribution is -2.11. The van der Waals surface area contributed by atoms with E-state index in [0.717, 1.165) is 11.8 Å². The Labute approximate surface area is 105 Å². The standard InChI is InChI=1S/C13H16O5/c1-2-18-11-6-5-10(12(15)13(16)17)8-9(11)4-3-7-14/h5-8,12,15H,2-4H2,1H3,(H,16,17). The predicted octanol–water partition coefficient (Wildman–Crippen LogP) is 1.33. The van der Waals surface area contributed by atoms with Crippen LogP contribution in [0.2, 0.25) is 0 Å². The molecule has 18 heavy (non-hydrogen) atoms. The van der Waals surface area contributed by atoms with Crippen LogP contribution in [0.1, 0.15) is 30.6 Å². The lowest BCUT2D eigenvalue weighted by molar-refractivity contribution is -0.146. The van der Waals surface area contributed by atoms with Crippen LogP contribution in [0.4, 0.5) is 0 Å². The van der Waals surface area contributed by atoms with E-state index in [1.54, 1.807) is 12.1 Å². The van der Waals surface area contributed by atoms with Crippen LogP contribution in [-0.4, -0.2) is 29.1 Å². The molecule has 0 aliphatic carbocycles. The SMILES string of the molecule is CCOc1ccc(C(O)C(=O)O)cc1CCC=O. The number of aryl methyl sites for hydroxylation is 1. The Morgan fingerprint density at radius 3 is 2.78 bits per heavy atom. The summed E-state index contributed by atoms with van der Waals surface area (Å²) in [5.41, 5.74) is 1.01. The van der Waals surface area contributed by atoms with Crippen molar-refractivity contribution < 1.29 is 24.5 Å². The number of carbonyl (C=O) groups excluding carboxylic acids is 1. The van der Waals surface area contributed by atoms with Crippen molar-refractivity contribution in [2.24, 2.45) is 0 Å². The van der Waals surface area contributed by atoms with Crippen molar-refractivity contribution >= 4 is 12.3 Å². The molecule has 0 radical (unpaired) electrons. The second-order valence-electron chi connectivity index (χ2n) is 3.75. The molecular weight excluding hydrogens is 236 g/mol. The third kappa shape index (κ3) is 3.56. The van der Waals surface area contributed by atoms with Crippen LogP contribution in [0.15, 0.2) is 18.2 Å². The summed E-state index contributed by atoms with van der Waals surface area (Å²) >= 11 is 0. The Kier molecular flexibility index (Phi) is 5.32. The summed E-state index contributed by atoms with van der Waals surface area (Å²) in [5.74, 6) is -0.693. The van der Waals surface area contributed by atoms with Gasteiger partial charge in [0, 0.05) is 6.42 Å². The minimum atomic E-state index is -1.56. The number of rotatable bonds is 7. The molecule has 5 heteroatoms. The lowest BCUT2D eigenvalue weighted by atomic mass is 10.0. The van der Waals surface area contributed by atoms with Gasteiger partial charge in [0.1, 0.15) is 12.0 Å². The van der Waals surface area contributed by atoms with Crippen molar-refractivity contribution in [2.45, 2.75) is 25.9 Å². The maximum atomic E-state index is 10.7. The molecule has 1 rings (SSSR count). The molecule has 1 aromatic rings. The molecule has 2 N–H and O–H groups in total. The van der Waals surface area contributed by atoms with Crippen molar-refractivity contribution in [1.29, 1.82) is 0 Å². The van der Waals surface area contributed by atoms with Gasteiger partial charge in [0.25, 0.3) is 0 Å². The predicted molar refractivity (Wildman–Crippen MR) is 64.6 cm³/mol. The number of aldehydes is 1. The summed E-state index contributed by atoms with van der Waals surface area (Å²) in [6.45, 7) is 2.32. The summed E-state index contributed by atoms with van der Waals surface area (Å²) < 4.78 is 5.38. The number of aliphatic hydroxyl groups excluding tert-OH is 1. The molecule has 0 saturated carbocycles. The number of benzene rings is 1. The first kappa shape index (κ1) is 14.2. The minimum Gasteiger partial charge on any atom is -0.494 e. The van der Waals surface area contributed by atoms with Gasteiger partial charge in [-0.15, -0.1) is 0 Å². The molecule has 1 atom stereocenters. The number of hydrogen-bond acceptors (Lipinski definition) is 4. The second kappa shape index (κ2) is 6.76. The van der Waals surface area contributed by atoms with E-state index in [2.05, 4.69) is 0 Å². The molecule has 98 valence electrons. The number of hydrogen-bond donors (Lipinski definition) is 2. The Bertz CT molecular complexity index is 427. The summed E-state index contributed by atoms with van der Waals surface area (Å²) in [7, 11) is 0. The third-order valence-electron chi connectivity index (χ3n) is 2.47. The fourth-order valence-corrected chi connectivity index (χ4v) is 1.62. The topological polar surface area (TPSA) is 83.8 Å². The fourth-order valence-electron chi connectivity index (χ4n) is 1.62. The van der Waals surface area contributed by atoms with Gasteiger partial charge >= 0.3 is 5.97 Å². The van der Waals surface area contributed by atoms with Crippen LogP contribution < -0.4 is 4.74 Å². The van der Waals surface area contributed by atoms with Crippen molar-refractivity contribution in [3.63, 3.8) is 0 Å². The van der Waals surface area contributed by atoms with Crippen LogP contribution >= 0.6 is 0 Å². The zero-order valence-electron chi connectivity index (χ0n) is 10.1. The molecule has 0 fully saturated rings. The van der Waals surface area contributed by atoms with Crippen molar-refractivity contribution in [1.82, 2.24) is 0 Å². The summed E-state index contributed by atoms with van der Waals surface area (Å²) in [4.78, 5) is 21.1. The van der Waals surface area contributed by atoms with E-state index in [4.69, 9.17) is 9.84 Å². The number of ether oxygens (including phenoxy) is 1. The summed E-state index contributed by atoms with van der Waals surface area (Å²) in [5, 5.41) is 18.2.